The molecular formula is C40H24N4S. The molecule has 0 N–H and O–H groups in total. The third-order valence-corrected chi connectivity index (χ3v) is 9.48. The molecule has 9 rings (SSSR count). The molecule has 0 aliphatic heterocycles. The fourth-order valence-electron chi connectivity index (χ4n) is 6.10. The van der Waals surface area contributed by atoms with E-state index >= 15 is 0 Å². The lowest BCUT2D eigenvalue weighted by Crippen LogP contribution is -2.01. The zero-order chi connectivity index (χ0) is 29.7. The fraction of sp³-hybridized carbons (Fsp3) is 0. The summed E-state index contributed by atoms with van der Waals surface area (Å²) in [7, 11) is 0. The molecule has 0 saturated carbocycles. The van der Waals surface area contributed by atoms with Gasteiger partial charge in [-0.25, -0.2) is 15.0 Å². The molecule has 4 nitrogen and oxygen atoms in total. The number of nitrogens with zero attached hydrogens (tertiary/aromatic N) is 4. The molecule has 3 aromatic heterocycles. The van der Waals surface area contributed by atoms with Gasteiger partial charge in [0.2, 0.25) is 0 Å². The lowest BCUT2D eigenvalue weighted by molar-refractivity contribution is 1.06. The van der Waals surface area contributed by atoms with Crippen LogP contribution in [0.1, 0.15) is 0 Å². The van der Waals surface area contributed by atoms with Gasteiger partial charge in [-0.2, -0.15) is 0 Å². The number of aromatic nitrogens is 4. The highest BCUT2D eigenvalue weighted by atomic mass is 32.1. The van der Waals surface area contributed by atoms with Gasteiger partial charge in [-0.1, -0.05) is 109 Å². The van der Waals surface area contributed by atoms with Crippen molar-refractivity contribution in [2.24, 2.45) is 0 Å². The number of hydrogen-bond donors (Lipinski definition) is 0. The fourth-order valence-corrected chi connectivity index (χ4v) is 7.24. The number of benzene rings is 6. The molecule has 0 saturated heterocycles. The number of rotatable bonds is 4. The number of hydrogen-bond acceptors (Lipinski definition) is 5. The van der Waals surface area contributed by atoms with Crippen molar-refractivity contribution in [3.8, 4) is 45.4 Å². The summed E-state index contributed by atoms with van der Waals surface area (Å²) in [5.74, 6) is 1.81. The minimum absolute atomic E-state index is 0.550. The summed E-state index contributed by atoms with van der Waals surface area (Å²) >= 11 is 1.79. The van der Waals surface area contributed by atoms with Gasteiger partial charge < -0.3 is 0 Å². The van der Waals surface area contributed by atoms with Gasteiger partial charge in [0, 0.05) is 42.9 Å². The molecule has 0 atom stereocenters. The summed E-state index contributed by atoms with van der Waals surface area (Å²) in [5, 5.41) is 6.84. The Morgan fingerprint density at radius 1 is 0.422 bits per heavy atom. The number of thiophene rings is 1. The quantitative estimate of drug-likeness (QED) is 0.204. The van der Waals surface area contributed by atoms with Crippen molar-refractivity contribution in [3.05, 3.63) is 146 Å². The summed E-state index contributed by atoms with van der Waals surface area (Å²) in [6.07, 6.45) is 1.92. The van der Waals surface area contributed by atoms with Crippen molar-refractivity contribution < 1.29 is 0 Å². The zero-order valence-electron chi connectivity index (χ0n) is 24.1. The second-order valence-corrected chi connectivity index (χ2v) is 12.2. The standard InChI is InChI=1S/C40H24N4S/c1-2-9-25(10-3-1)28-18-19-29-23-34(41-24-31(29)22-28)40-43-38(30-20-17-26-11-4-5-12-27(26)21-30)42-39(44-40)33-14-8-16-36-37(33)32-13-6-7-15-35(32)45-36/h1-24H. The summed E-state index contributed by atoms with van der Waals surface area (Å²) in [6, 6.07) is 48.6. The molecule has 0 amide bonds. The molecule has 6 aromatic carbocycles. The van der Waals surface area contributed by atoms with E-state index in [9.17, 15) is 0 Å². The van der Waals surface area contributed by atoms with Gasteiger partial charge in [0.15, 0.2) is 17.5 Å². The lowest BCUT2D eigenvalue weighted by atomic mass is 10.0. The van der Waals surface area contributed by atoms with Crippen LogP contribution in [-0.2, 0) is 0 Å². The van der Waals surface area contributed by atoms with Crippen molar-refractivity contribution in [3.63, 3.8) is 0 Å². The van der Waals surface area contributed by atoms with E-state index in [0.29, 0.717) is 23.2 Å². The Labute approximate surface area is 263 Å². The molecule has 9 aromatic rings. The van der Waals surface area contributed by atoms with Crippen LogP contribution in [0.2, 0.25) is 0 Å². The Kier molecular flexibility index (Phi) is 5.96. The highest BCUT2D eigenvalue weighted by Crippen LogP contribution is 2.39. The van der Waals surface area contributed by atoms with Gasteiger partial charge in [0.05, 0.1) is 0 Å². The lowest BCUT2D eigenvalue weighted by Gasteiger charge is -2.10. The minimum atomic E-state index is 0.550. The van der Waals surface area contributed by atoms with E-state index in [1.807, 2.05) is 12.3 Å². The van der Waals surface area contributed by atoms with Crippen molar-refractivity contribution in [1.29, 1.82) is 0 Å². The highest BCUT2D eigenvalue weighted by molar-refractivity contribution is 7.25. The summed E-state index contributed by atoms with van der Waals surface area (Å²) < 4.78 is 2.45. The molecule has 0 bridgehead atoms. The van der Waals surface area contributed by atoms with Crippen LogP contribution >= 0.6 is 11.3 Å². The number of fused-ring (bicyclic) bond motifs is 5. The van der Waals surface area contributed by atoms with E-state index in [4.69, 9.17) is 19.9 Å². The predicted octanol–water partition coefficient (Wildman–Crippen LogP) is 10.6. The van der Waals surface area contributed by atoms with E-state index < -0.39 is 0 Å². The third-order valence-electron chi connectivity index (χ3n) is 8.34. The van der Waals surface area contributed by atoms with E-state index in [1.165, 1.54) is 31.1 Å². The molecule has 3 heterocycles. The summed E-state index contributed by atoms with van der Waals surface area (Å²) in [4.78, 5) is 20.1. The molecule has 45 heavy (non-hydrogen) atoms. The minimum Gasteiger partial charge on any atom is -0.252 e. The van der Waals surface area contributed by atoms with Gasteiger partial charge in [-0.3, -0.25) is 4.98 Å². The number of pyridine rings is 1. The van der Waals surface area contributed by atoms with Crippen LogP contribution in [-0.4, -0.2) is 19.9 Å². The van der Waals surface area contributed by atoms with Gasteiger partial charge in [-0.05, 0) is 57.6 Å². The van der Waals surface area contributed by atoms with Gasteiger partial charge in [0.1, 0.15) is 5.69 Å². The van der Waals surface area contributed by atoms with Crippen molar-refractivity contribution >= 4 is 53.1 Å². The van der Waals surface area contributed by atoms with Crippen LogP contribution in [0.15, 0.2) is 146 Å². The molecule has 0 aliphatic carbocycles. The van der Waals surface area contributed by atoms with Crippen LogP contribution in [0.5, 0.6) is 0 Å². The predicted molar refractivity (Wildman–Crippen MR) is 187 cm³/mol. The maximum absolute atomic E-state index is 5.10. The SMILES string of the molecule is c1ccc(-c2ccc3cc(-c4nc(-c5ccc6ccccc6c5)nc(-c5cccc6sc7ccccc7c56)n4)ncc3c2)cc1. The maximum atomic E-state index is 5.10. The highest BCUT2D eigenvalue weighted by Gasteiger charge is 2.18. The molecule has 0 radical (unpaired) electrons. The van der Waals surface area contributed by atoms with Crippen LogP contribution in [0, 0.1) is 0 Å². The average Bonchev–Trinajstić information content (AvgIpc) is 3.50. The van der Waals surface area contributed by atoms with Crippen LogP contribution in [0.25, 0.3) is 87.1 Å². The largest absolute Gasteiger partial charge is 0.252 e. The van der Waals surface area contributed by atoms with E-state index in [1.54, 1.807) is 11.3 Å². The van der Waals surface area contributed by atoms with E-state index in [0.717, 1.165) is 32.8 Å². The zero-order valence-corrected chi connectivity index (χ0v) is 24.9. The second kappa shape index (κ2) is 10.4. The van der Waals surface area contributed by atoms with Crippen molar-refractivity contribution in [1.82, 2.24) is 19.9 Å². The second-order valence-electron chi connectivity index (χ2n) is 11.1. The first kappa shape index (κ1) is 25.7. The average molecular weight is 593 g/mol. The van der Waals surface area contributed by atoms with Crippen LogP contribution in [0.4, 0.5) is 0 Å². The summed E-state index contributed by atoms with van der Waals surface area (Å²) in [5.41, 5.74) is 4.98. The smallest absolute Gasteiger partial charge is 0.182 e. The molecule has 5 heteroatoms. The molecule has 0 spiro atoms. The molecule has 0 fully saturated rings. The van der Waals surface area contributed by atoms with Gasteiger partial charge in [-0.15, -0.1) is 11.3 Å². The normalized spacial score (nSPS) is 11.6. The van der Waals surface area contributed by atoms with Crippen LogP contribution < -0.4 is 0 Å². The third kappa shape index (κ3) is 4.53. The Morgan fingerprint density at radius 2 is 1.11 bits per heavy atom. The molecule has 0 aliphatic rings. The Hall–Kier alpha value is -5.78. The first-order valence-corrected chi connectivity index (χ1v) is 15.7. The Bertz CT molecular complexity index is 2550. The van der Waals surface area contributed by atoms with E-state index in [2.05, 4.69) is 133 Å². The van der Waals surface area contributed by atoms with Crippen molar-refractivity contribution in [2.45, 2.75) is 0 Å². The maximum Gasteiger partial charge on any atom is 0.182 e. The Morgan fingerprint density at radius 3 is 2.04 bits per heavy atom. The first-order valence-electron chi connectivity index (χ1n) is 14.9. The Balaban J connectivity index is 1.25. The van der Waals surface area contributed by atoms with E-state index in [-0.39, 0.29) is 0 Å². The molecule has 210 valence electrons. The van der Waals surface area contributed by atoms with Gasteiger partial charge in [0.25, 0.3) is 0 Å². The molecule has 0 unspecified atom stereocenters. The topological polar surface area (TPSA) is 51.6 Å². The monoisotopic (exact) mass is 592 g/mol. The van der Waals surface area contributed by atoms with Crippen LogP contribution in [0.3, 0.4) is 0 Å². The summed E-state index contributed by atoms with van der Waals surface area (Å²) in [6.45, 7) is 0. The molecular weight excluding hydrogens is 569 g/mol. The van der Waals surface area contributed by atoms with Crippen molar-refractivity contribution in [2.75, 3.05) is 0 Å². The van der Waals surface area contributed by atoms with Gasteiger partial charge >= 0.3 is 0 Å². The first-order chi connectivity index (χ1) is 22.3.